The molecule has 7 N–H and O–H groups in total. The van der Waals surface area contributed by atoms with E-state index in [2.05, 4.69) is 91.9 Å². The number of hydrogen-bond acceptors (Lipinski definition) is 8. The second-order valence-corrected chi connectivity index (χ2v) is 26.8. The van der Waals surface area contributed by atoms with Gasteiger partial charge in [-0.15, -0.1) is 6.58 Å². The van der Waals surface area contributed by atoms with Crippen LogP contribution >= 0.6 is 0 Å². The van der Waals surface area contributed by atoms with Crippen LogP contribution < -0.4 is 17.2 Å². The van der Waals surface area contributed by atoms with Crippen molar-refractivity contribution in [1.82, 2.24) is 0 Å². The summed E-state index contributed by atoms with van der Waals surface area (Å²) >= 11 is 0. The monoisotopic (exact) mass is 993 g/mol. The number of rotatable bonds is 19. The first-order valence-electron chi connectivity index (χ1n) is 30.2. The number of aliphatic hydroxyl groups excluding tert-OH is 1. The van der Waals surface area contributed by atoms with Crippen LogP contribution in [0.15, 0.2) is 17.8 Å². The lowest BCUT2D eigenvalue weighted by atomic mass is 9.40. The van der Waals surface area contributed by atoms with Gasteiger partial charge in [0, 0.05) is 43.3 Å². The van der Waals surface area contributed by atoms with Gasteiger partial charge in [0.25, 0.3) is 0 Å². The van der Waals surface area contributed by atoms with E-state index in [1.165, 1.54) is 64.2 Å². The Balaban J connectivity index is 0.000000215. The Hall–Kier alpha value is -1.23. The molecule has 8 rings (SSSR count). The van der Waals surface area contributed by atoms with Gasteiger partial charge in [0.05, 0.1) is 18.3 Å². The molecule has 0 heterocycles. The standard InChI is InChI=1S/C31H59N3O4.C26H44.C4H9N3/c1-21(20-35)24-7-8-25-29-26(19-28(31(24,25)3)38-16-6-13-34)30(2)10-9-23(36-14-4-11-32)17-22(30)18-27(29)37-15-5-12-33;1-8-17(3)21-9-10-22-24-18(4)14-20-13-16(2)11-12-25(20,6)23(24)15-19(5)26(21,22)7;1-2-3-4-6-7-5/h21-29,35H,4-20,32-34H2,1-3H3;8,16-24H,1,9-15H2,2-7H3;2-4H2,1H3/t21-,22+,23?,24-,25+,26+,27-,28+,29+,30+,31-;16-,17-,18-,19+,20+,21-,22+,23+,24+,25+,26-;/m11./s1. The van der Waals surface area contributed by atoms with E-state index in [-0.39, 0.29) is 35.6 Å². The lowest BCUT2D eigenvalue weighted by Crippen LogP contribution is -2.63. The maximum absolute atomic E-state index is 10.2. The molecule has 0 radical (unpaired) electrons. The molecule has 10 heteroatoms. The summed E-state index contributed by atoms with van der Waals surface area (Å²) in [4.78, 5) is 2.60. The highest BCUT2D eigenvalue weighted by atomic mass is 16.5. The van der Waals surface area contributed by atoms with E-state index in [1.54, 1.807) is 0 Å². The third kappa shape index (κ3) is 12.0. The summed E-state index contributed by atoms with van der Waals surface area (Å²) in [6, 6.07) is 0. The summed E-state index contributed by atoms with van der Waals surface area (Å²) in [5.74, 6) is 11.3. The number of hydrogen-bond donors (Lipinski definition) is 4. The lowest BCUT2D eigenvalue weighted by molar-refractivity contribution is -0.228. The molecule has 0 amide bonds. The van der Waals surface area contributed by atoms with Crippen LogP contribution in [0.2, 0.25) is 0 Å². The minimum atomic E-state index is 0.0547. The van der Waals surface area contributed by atoms with Crippen molar-refractivity contribution in [1.29, 1.82) is 0 Å². The second-order valence-electron chi connectivity index (χ2n) is 26.8. The Morgan fingerprint density at radius 2 is 1.28 bits per heavy atom. The molecule has 1 unspecified atom stereocenters. The van der Waals surface area contributed by atoms with Gasteiger partial charge >= 0.3 is 0 Å². The summed E-state index contributed by atoms with van der Waals surface area (Å²) in [5, 5.41) is 13.6. The van der Waals surface area contributed by atoms with Gasteiger partial charge in [-0.1, -0.05) is 93.3 Å². The smallest absolute Gasteiger partial charge is 0.0637 e. The number of aliphatic hydroxyl groups is 1. The number of allylic oxidation sites excluding steroid dienone is 1. The summed E-state index contributed by atoms with van der Waals surface area (Å²) in [6.07, 6.45) is 26.5. The van der Waals surface area contributed by atoms with E-state index >= 15 is 0 Å². The van der Waals surface area contributed by atoms with Crippen LogP contribution in [0.3, 0.4) is 0 Å². The third-order valence-corrected chi connectivity index (χ3v) is 23.4. The molecule has 0 aromatic carbocycles. The number of unbranched alkanes of at least 4 members (excludes halogenated alkanes) is 1. The molecule has 8 saturated carbocycles. The third-order valence-electron chi connectivity index (χ3n) is 23.4. The molecule has 22 atom stereocenters. The molecule has 8 fully saturated rings. The van der Waals surface area contributed by atoms with E-state index < -0.39 is 0 Å². The van der Waals surface area contributed by atoms with Crippen molar-refractivity contribution in [3.63, 3.8) is 0 Å². The van der Waals surface area contributed by atoms with E-state index in [9.17, 15) is 5.11 Å². The first-order valence-corrected chi connectivity index (χ1v) is 30.2. The van der Waals surface area contributed by atoms with Gasteiger partial charge in [-0.25, -0.2) is 0 Å². The summed E-state index contributed by atoms with van der Waals surface area (Å²) < 4.78 is 19.9. The SMILES string of the molecule is C=C[C@@H](C)[C@H]1CC[C@H]2[C@@H]3[C@H](C)C[C@@H]4C[C@H](C)CC[C@]4(C)[C@H]3C[C@H](C)[C@]12C.CCCCN=[N+]=[N-].C[C@H](CO)[C@H]1CC[C@H]2[C@@H]3[C@H](OCCCN)C[C@@H]4CC(OCCCN)CC[C@]4(C)[C@H]3C[C@H](OCCCN)[C@]12C. The Morgan fingerprint density at radius 1 is 0.690 bits per heavy atom. The van der Waals surface area contributed by atoms with Gasteiger partial charge in [-0.05, 0) is 239 Å². The Labute approximate surface area is 435 Å². The maximum atomic E-state index is 10.2. The van der Waals surface area contributed by atoms with Crippen LogP contribution in [-0.2, 0) is 14.2 Å². The highest BCUT2D eigenvalue weighted by molar-refractivity contribution is 5.16. The molecule has 410 valence electrons. The van der Waals surface area contributed by atoms with Gasteiger partial charge in [0.2, 0.25) is 0 Å². The molecule has 0 aliphatic heterocycles. The predicted molar refractivity (Wildman–Crippen MR) is 294 cm³/mol. The summed E-state index contributed by atoms with van der Waals surface area (Å²) in [5.41, 5.74) is 26.8. The van der Waals surface area contributed by atoms with Crippen molar-refractivity contribution in [2.24, 2.45) is 133 Å². The van der Waals surface area contributed by atoms with Gasteiger partial charge in [-0.2, -0.15) is 0 Å². The second kappa shape index (κ2) is 26.2. The molecule has 0 aromatic rings. The zero-order valence-electron chi connectivity index (χ0n) is 47.5. The van der Waals surface area contributed by atoms with Crippen LogP contribution in [0.4, 0.5) is 0 Å². The fourth-order valence-corrected chi connectivity index (χ4v) is 19.3. The van der Waals surface area contributed by atoms with Crippen LogP contribution in [0.1, 0.15) is 191 Å². The van der Waals surface area contributed by atoms with E-state index in [0.717, 1.165) is 125 Å². The lowest BCUT2D eigenvalue weighted by Gasteiger charge is -2.65. The largest absolute Gasteiger partial charge is 0.396 e. The van der Waals surface area contributed by atoms with Crippen molar-refractivity contribution < 1.29 is 19.3 Å². The zero-order valence-corrected chi connectivity index (χ0v) is 47.5. The highest BCUT2D eigenvalue weighted by Gasteiger charge is 2.67. The van der Waals surface area contributed by atoms with Gasteiger partial charge in [0.1, 0.15) is 0 Å². The van der Waals surface area contributed by atoms with Crippen molar-refractivity contribution in [3.8, 4) is 0 Å². The van der Waals surface area contributed by atoms with E-state index in [4.69, 9.17) is 36.9 Å². The highest BCUT2D eigenvalue weighted by Crippen LogP contribution is 2.72. The fourth-order valence-electron chi connectivity index (χ4n) is 19.3. The molecule has 8 aliphatic rings. The molecule has 0 bridgehead atoms. The first kappa shape index (κ1) is 59.0. The number of azide groups is 1. The van der Waals surface area contributed by atoms with Crippen LogP contribution in [-0.4, -0.2) is 76.0 Å². The summed E-state index contributed by atoms with van der Waals surface area (Å²) in [7, 11) is 0. The van der Waals surface area contributed by atoms with Crippen molar-refractivity contribution in [2.75, 3.05) is 52.6 Å². The molecular formula is C61H112N6O4. The Kier molecular flexibility index (Phi) is 21.8. The Morgan fingerprint density at radius 3 is 1.90 bits per heavy atom. The molecule has 0 saturated heterocycles. The number of nitrogens with two attached hydrogens (primary N) is 3. The quantitative estimate of drug-likeness (QED) is 0.0327. The average Bonchev–Trinajstić information content (AvgIpc) is 3.91. The molecule has 8 aliphatic carbocycles. The first-order chi connectivity index (χ1) is 34.0. The topological polar surface area (TPSA) is 175 Å². The van der Waals surface area contributed by atoms with Crippen molar-refractivity contribution >= 4 is 0 Å². The Bertz CT molecular complexity index is 1680. The summed E-state index contributed by atoms with van der Waals surface area (Å²) in [6.45, 7) is 34.4. The normalized spacial score (nSPS) is 45.0. The van der Waals surface area contributed by atoms with Crippen LogP contribution in [0.5, 0.6) is 0 Å². The van der Waals surface area contributed by atoms with Gasteiger partial charge < -0.3 is 36.5 Å². The number of ether oxygens (including phenoxy) is 3. The van der Waals surface area contributed by atoms with Crippen LogP contribution in [0.25, 0.3) is 10.4 Å². The molecule has 0 aromatic heterocycles. The minimum absolute atomic E-state index is 0.0547. The number of fused-ring (bicyclic) bond motifs is 10. The minimum Gasteiger partial charge on any atom is -0.396 e. The van der Waals surface area contributed by atoms with Crippen molar-refractivity contribution in [2.45, 2.75) is 210 Å². The number of nitrogens with zero attached hydrogens (tertiary/aromatic N) is 3. The van der Waals surface area contributed by atoms with Gasteiger partial charge in [-0.3, -0.25) is 0 Å². The fraction of sp³-hybridized carbons (Fsp3) is 0.967. The van der Waals surface area contributed by atoms with Crippen LogP contribution in [0, 0.1) is 110 Å². The predicted octanol–water partition coefficient (Wildman–Crippen LogP) is 13.4. The zero-order chi connectivity index (χ0) is 51.7. The molecule has 0 spiro atoms. The molecule has 71 heavy (non-hydrogen) atoms. The van der Waals surface area contributed by atoms with Gasteiger partial charge in [0.15, 0.2) is 0 Å². The molecule has 10 nitrogen and oxygen atoms in total. The average molecular weight is 994 g/mol. The maximum Gasteiger partial charge on any atom is 0.0637 e. The van der Waals surface area contributed by atoms with Crippen molar-refractivity contribution in [3.05, 3.63) is 23.1 Å². The van der Waals surface area contributed by atoms with E-state index in [0.29, 0.717) is 78.6 Å². The van der Waals surface area contributed by atoms with E-state index in [1.807, 2.05) is 0 Å². The molecular weight excluding hydrogens is 881 g/mol.